The van der Waals surface area contributed by atoms with E-state index in [1.54, 1.807) is 6.92 Å². The van der Waals surface area contributed by atoms with Crippen molar-refractivity contribution in [2.24, 2.45) is 0 Å². The number of para-hydroxylation sites is 1. The molecule has 0 saturated heterocycles. The molecule has 2 rings (SSSR count). The van der Waals surface area contributed by atoms with Crippen LogP contribution in [0.25, 0.3) is 17.0 Å². The van der Waals surface area contributed by atoms with E-state index in [1.807, 2.05) is 36.4 Å². The minimum Gasteiger partial charge on any atom is -0.478 e. The summed E-state index contributed by atoms with van der Waals surface area (Å²) in [5.41, 5.74) is 3.84. The monoisotopic (exact) mass is 378 g/mol. The smallest absolute Gasteiger partial charge is 0.328 e. The quantitative estimate of drug-likeness (QED) is 0.518. The SMILES string of the molecule is CCC=C(C=C(C)C(=O)NCc1cc2ccccc2nc1C=CC(=O)O)CC. The Morgan fingerprint density at radius 3 is 2.64 bits per heavy atom. The zero-order chi connectivity index (χ0) is 20.5. The summed E-state index contributed by atoms with van der Waals surface area (Å²) in [6, 6.07) is 9.53. The summed E-state index contributed by atoms with van der Waals surface area (Å²) in [6.07, 6.45) is 8.32. The molecule has 0 aliphatic carbocycles. The van der Waals surface area contributed by atoms with Crippen molar-refractivity contribution < 1.29 is 14.7 Å². The Balaban J connectivity index is 2.25. The van der Waals surface area contributed by atoms with Crippen molar-refractivity contribution in [3.63, 3.8) is 0 Å². The number of aromatic nitrogens is 1. The number of hydrogen-bond donors (Lipinski definition) is 2. The molecule has 2 aromatic rings. The molecule has 0 saturated carbocycles. The van der Waals surface area contributed by atoms with Crippen molar-refractivity contribution in [3.05, 3.63) is 71.0 Å². The average molecular weight is 378 g/mol. The lowest BCUT2D eigenvalue weighted by Crippen LogP contribution is -2.24. The van der Waals surface area contributed by atoms with Crippen LogP contribution in [-0.4, -0.2) is 22.0 Å². The highest BCUT2D eigenvalue weighted by Crippen LogP contribution is 2.18. The zero-order valence-corrected chi connectivity index (χ0v) is 16.5. The van der Waals surface area contributed by atoms with E-state index in [9.17, 15) is 9.59 Å². The third-order valence-electron chi connectivity index (χ3n) is 4.29. The van der Waals surface area contributed by atoms with E-state index in [4.69, 9.17) is 5.11 Å². The molecule has 0 aliphatic rings. The summed E-state index contributed by atoms with van der Waals surface area (Å²) in [4.78, 5) is 27.9. The Kier molecular flexibility index (Phi) is 7.69. The van der Waals surface area contributed by atoms with Gasteiger partial charge >= 0.3 is 5.97 Å². The minimum atomic E-state index is -1.04. The molecule has 2 N–H and O–H groups in total. The third kappa shape index (κ3) is 5.91. The lowest BCUT2D eigenvalue weighted by Gasteiger charge is -2.10. The zero-order valence-electron chi connectivity index (χ0n) is 16.5. The number of carbonyl (C=O) groups excluding carboxylic acids is 1. The molecule has 5 heteroatoms. The molecule has 1 heterocycles. The molecule has 1 aromatic carbocycles. The highest BCUT2D eigenvalue weighted by atomic mass is 16.4. The number of hydrogen-bond acceptors (Lipinski definition) is 3. The second-order valence-corrected chi connectivity index (χ2v) is 6.45. The summed E-state index contributed by atoms with van der Waals surface area (Å²) in [7, 11) is 0. The maximum Gasteiger partial charge on any atom is 0.328 e. The van der Waals surface area contributed by atoms with E-state index in [-0.39, 0.29) is 12.5 Å². The van der Waals surface area contributed by atoms with Crippen LogP contribution in [0.1, 0.15) is 44.9 Å². The third-order valence-corrected chi connectivity index (χ3v) is 4.29. The predicted octanol–water partition coefficient (Wildman–Crippen LogP) is 4.64. The molecule has 0 atom stereocenters. The van der Waals surface area contributed by atoms with Crippen LogP contribution in [0.3, 0.4) is 0 Å². The first kappa shape index (κ1) is 21.1. The van der Waals surface area contributed by atoms with E-state index in [0.717, 1.165) is 41.0 Å². The van der Waals surface area contributed by atoms with Crippen molar-refractivity contribution in [1.29, 1.82) is 0 Å². The Morgan fingerprint density at radius 2 is 1.96 bits per heavy atom. The Morgan fingerprint density at radius 1 is 1.21 bits per heavy atom. The number of nitrogens with one attached hydrogen (secondary N) is 1. The van der Waals surface area contributed by atoms with Crippen molar-refractivity contribution in [2.45, 2.75) is 40.2 Å². The molecular formula is C23H26N2O3. The molecule has 1 aromatic heterocycles. The maximum atomic E-state index is 12.5. The number of aliphatic carboxylic acids is 1. The minimum absolute atomic E-state index is 0.156. The van der Waals surface area contributed by atoms with Crippen molar-refractivity contribution in [2.75, 3.05) is 0 Å². The van der Waals surface area contributed by atoms with Crippen LogP contribution in [0.2, 0.25) is 0 Å². The van der Waals surface area contributed by atoms with Crippen LogP contribution in [0.15, 0.2) is 59.7 Å². The molecule has 0 unspecified atom stereocenters. The summed E-state index contributed by atoms with van der Waals surface area (Å²) >= 11 is 0. The number of fused-ring (bicyclic) bond motifs is 1. The summed E-state index contributed by atoms with van der Waals surface area (Å²) in [5, 5.41) is 12.8. The number of amides is 1. The topological polar surface area (TPSA) is 79.3 Å². The van der Waals surface area contributed by atoms with Crippen molar-refractivity contribution in [1.82, 2.24) is 10.3 Å². The normalized spacial score (nSPS) is 12.5. The average Bonchev–Trinajstić information content (AvgIpc) is 2.69. The number of carboxylic acids is 1. The van der Waals surface area contributed by atoms with Gasteiger partial charge in [-0.2, -0.15) is 0 Å². The molecule has 0 spiro atoms. The van der Waals surface area contributed by atoms with Crippen LogP contribution in [0.5, 0.6) is 0 Å². The molecule has 5 nitrogen and oxygen atoms in total. The van der Waals surface area contributed by atoms with E-state index in [1.165, 1.54) is 6.08 Å². The van der Waals surface area contributed by atoms with Gasteiger partial charge in [0.15, 0.2) is 0 Å². The first-order valence-electron chi connectivity index (χ1n) is 9.39. The van der Waals surface area contributed by atoms with E-state index in [2.05, 4.69) is 30.2 Å². The Bertz CT molecular complexity index is 955. The van der Waals surface area contributed by atoms with Crippen LogP contribution in [0.4, 0.5) is 0 Å². The van der Waals surface area contributed by atoms with E-state index >= 15 is 0 Å². The van der Waals surface area contributed by atoms with E-state index in [0.29, 0.717) is 11.3 Å². The molecule has 0 bridgehead atoms. The fraction of sp³-hybridized carbons (Fsp3) is 0.261. The number of carbonyl (C=O) groups is 2. The van der Waals surface area contributed by atoms with Gasteiger partial charge in [-0.15, -0.1) is 0 Å². The largest absolute Gasteiger partial charge is 0.478 e. The standard InChI is InChI=1S/C23H26N2O3/c1-4-8-17(5-2)13-16(3)23(28)24-15-19-14-18-9-6-7-10-20(18)25-21(19)11-12-22(26)27/h6-14H,4-5,15H2,1-3H3,(H,24,28)(H,26,27). The van der Waals surface area contributed by atoms with Gasteiger partial charge in [0.05, 0.1) is 11.2 Å². The van der Waals surface area contributed by atoms with Gasteiger partial charge in [0.25, 0.3) is 0 Å². The fourth-order valence-corrected chi connectivity index (χ4v) is 2.84. The van der Waals surface area contributed by atoms with Gasteiger partial charge in [-0.25, -0.2) is 9.78 Å². The van der Waals surface area contributed by atoms with Gasteiger partial charge in [-0.1, -0.05) is 49.8 Å². The molecule has 146 valence electrons. The fourth-order valence-electron chi connectivity index (χ4n) is 2.84. The number of benzene rings is 1. The van der Waals surface area contributed by atoms with Crippen LogP contribution in [-0.2, 0) is 16.1 Å². The summed E-state index contributed by atoms with van der Waals surface area (Å²) < 4.78 is 0. The number of rotatable bonds is 8. The van der Waals surface area contributed by atoms with Crippen molar-refractivity contribution >= 4 is 28.9 Å². The second-order valence-electron chi connectivity index (χ2n) is 6.45. The molecule has 28 heavy (non-hydrogen) atoms. The lowest BCUT2D eigenvalue weighted by molar-refractivity contribution is -0.131. The maximum absolute atomic E-state index is 12.5. The molecule has 0 radical (unpaired) electrons. The molecule has 1 amide bonds. The van der Waals surface area contributed by atoms with Crippen LogP contribution >= 0.6 is 0 Å². The number of pyridine rings is 1. The molecule has 0 aliphatic heterocycles. The van der Waals surface area contributed by atoms with Gasteiger partial charge < -0.3 is 10.4 Å². The van der Waals surface area contributed by atoms with Gasteiger partial charge in [-0.05, 0) is 43.5 Å². The second kappa shape index (κ2) is 10.2. The first-order chi connectivity index (χ1) is 13.4. The molecule has 0 fully saturated rings. The lowest BCUT2D eigenvalue weighted by atomic mass is 10.1. The Labute approximate surface area is 165 Å². The Hall–Kier alpha value is -3.21. The summed E-state index contributed by atoms with van der Waals surface area (Å²) in [6.45, 7) is 6.18. The number of carboxylic acid groups (broad SMARTS) is 1. The van der Waals surface area contributed by atoms with Gasteiger partial charge in [-0.3, -0.25) is 4.79 Å². The summed E-state index contributed by atoms with van der Waals surface area (Å²) in [5.74, 6) is -1.20. The highest BCUT2D eigenvalue weighted by molar-refractivity contribution is 5.93. The van der Waals surface area contributed by atoms with Crippen LogP contribution in [0, 0.1) is 0 Å². The molecular weight excluding hydrogens is 352 g/mol. The van der Waals surface area contributed by atoms with Gasteiger partial charge in [0.2, 0.25) is 5.91 Å². The van der Waals surface area contributed by atoms with E-state index < -0.39 is 5.97 Å². The number of allylic oxidation sites excluding steroid dienone is 3. The van der Waals surface area contributed by atoms with Crippen molar-refractivity contribution in [3.8, 4) is 0 Å². The van der Waals surface area contributed by atoms with Gasteiger partial charge in [0, 0.05) is 23.6 Å². The highest BCUT2D eigenvalue weighted by Gasteiger charge is 2.09. The number of nitrogens with zero attached hydrogens (tertiary/aromatic N) is 1. The first-order valence-corrected chi connectivity index (χ1v) is 9.39. The predicted molar refractivity (Wildman–Crippen MR) is 113 cm³/mol. The van der Waals surface area contributed by atoms with Crippen LogP contribution < -0.4 is 5.32 Å². The van der Waals surface area contributed by atoms with Gasteiger partial charge in [0.1, 0.15) is 0 Å².